The smallest absolute Gasteiger partial charge is 0.0950 e. The molecule has 1 rings (SSSR count). The molecule has 0 heterocycles. The third-order valence-electron chi connectivity index (χ3n) is 2.38. The van der Waals surface area contributed by atoms with Gasteiger partial charge in [0.1, 0.15) is 0 Å². The van der Waals surface area contributed by atoms with E-state index in [9.17, 15) is 0 Å². The van der Waals surface area contributed by atoms with E-state index in [1.165, 1.54) is 0 Å². The summed E-state index contributed by atoms with van der Waals surface area (Å²) in [7, 11) is 0. The lowest BCUT2D eigenvalue weighted by Crippen LogP contribution is -1.94. The lowest BCUT2D eigenvalue weighted by Gasteiger charge is -2.08. The summed E-state index contributed by atoms with van der Waals surface area (Å²) >= 11 is 0. The minimum atomic E-state index is -0.0366. The number of hydrogen-bond donors (Lipinski definition) is 2. The van der Waals surface area contributed by atoms with Crippen LogP contribution < -0.4 is 11.7 Å². The van der Waals surface area contributed by atoms with Crippen LogP contribution in [0, 0.1) is 0 Å². The highest BCUT2D eigenvalue weighted by atomic mass is 15.3. The number of rotatable bonds is 4. The van der Waals surface area contributed by atoms with Crippen molar-refractivity contribution in [3.63, 3.8) is 0 Å². The molecule has 16 heavy (non-hydrogen) atoms. The quantitative estimate of drug-likeness (QED) is 0.462. The van der Waals surface area contributed by atoms with Crippen molar-refractivity contribution in [2.24, 2.45) is 32.4 Å². The van der Waals surface area contributed by atoms with Crippen LogP contribution in [0.25, 0.3) is 0 Å². The Bertz CT molecular complexity index is 332. The van der Waals surface area contributed by atoms with Gasteiger partial charge in [-0.05, 0) is 25.0 Å². The van der Waals surface area contributed by atoms with E-state index in [-0.39, 0.29) is 12.1 Å². The van der Waals surface area contributed by atoms with E-state index in [1.54, 1.807) is 0 Å². The van der Waals surface area contributed by atoms with Crippen LogP contribution in [0.4, 0.5) is 0 Å². The summed E-state index contributed by atoms with van der Waals surface area (Å²) in [6.07, 6.45) is 0. The van der Waals surface area contributed by atoms with Gasteiger partial charge in [-0.1, -0.05) is 34.7 Å². The van der Waals surface area contributed by atoms with Gasteiger partial charge in [0.05, 0.1) is 12.1 Å². The fraction of sp³-hybridized carbons (Fsp3) is 0.400. The minimum absolute atomic E-state index is 0.0366. The maximum absolute atomic E-state index is 5.00. The summed E-state index contributed by atoms with van der Waals surface area (Å²) in [5.74, 6) is 10.0. The van der Waals surface area contributed by atoms with Crippen molar-refractivity contribution in [2.75, 3.05) is 0 Å². The van der Waals surface area contributed by atoms with E-state index >= 15 is 0 Å². The van der Waals surface area contributed by atoms with Crippen LogP contribution >= 0.6 is 0 Å². The van der Waals surface area contributed by atoms with E-state index in [0.29, 0.717) is 0 Å². The van der Waals surface area contributed by atoms with Gasteiger partial charge in [0, 0.05) is 0 Å². The molecule has 0 saturated heterocycles. The van der Waals surface area contributed by atoms with Crippen LogP contribution in [-0.4, -0.2) is 0 Å². The molecule has 2 atom stereocenters. The van der Waals surface area contributed by atoms with Crippen molar-refractivity contribution < 1.29 is 0 Å². The standard InChI is InChI=1S/C10H16N6/c1-7(13-15-11)9-3-5-10(6-4-9)8(2)14-16-12/h3-8H,1-2H3,(H2,11,13)(H2,12,14). The van der Waals surface area contributed by atoms with Gasteiger partial charge >= 0.3 is 0 Å². The van der Waals surface area contributed by atoms with Crippen LogP contribution in [0.3, 0.4) is 0 Å². The fourth-order valence-electron chi connectivity index (χ4n) is 1.39. The average molecular weight is 220 g/mol. The maximum atomic E-state index is 5.00. The number of benzene rings is 1. The van der Waals surface area contributed by atoms with Crippen LogP contribution in [0.15, 0.2) is 44.9 Å². The molecule has 0 spiro atoms. The predicted molar refractivity (Wildman–Crippen MR) is 61.4 cm³/mol. The van der Waals surface area contributed by atoms with Gasteiger partial charge < -0.3 is 11.7 Å². The summed E-state index contributed by atoms with van der Waals surface area (Å²) in [5, 5.41) is 14.2. The van der Waals surface area contributed by atoms with Crippen molar-refractivity contribution >= 4 is 0 Å². The second-order valence-corrected chi connectivity index (χ2v) is 3.48. The molecule has 0 saturated carbocycles. The second kappa shape index (κ2) is 5.79. The summed E-state index contributed by atoms with van der Waals surface area (Å²) in [6, 6.07) is 7.80. The topological polar surface area (TPSA) is 101 Å². The largest absolute Gasteiger partial charge is 0.305 e. The van der Waals surface area contributed by atoms with Gasteiger partial charge in [-0.25, -0.2) is 0 Å². The molecule has 6 heteroatoms. The Morgan fingerprint density at radius 1 is 0.812 bits per heavy atom. The predicted octanol–water partition coefficient (Wildman–Crippen LogP) is 2.46. The molecule has 0 aliphatic heterocycles. The zero-order chi connectivity index (χ0) is 12.0. The molecule has 0 fully saturated rings. The van der Waals surface area contributed by atoms with Gasteiger partial charge in [-0.3, -0.25) is 0 Å². The number of nitrogens with zero attached hydrogens (tertiary/aromatic N) is 4. The molecule has 86 valence electrons. The van der Waals surface area contributed by atoms with Gasteiger partial charge in [0.15, 0.2) is 0 Å². The van der Waals surface area contributed by atoms with Gasteiger partial charge in [-0.2, -0.15) is 10.2 Å². The Balaban J connectivity index is 2.82. The summed E-state index contributed by atoms with van der Waals surface area (Å²) < 4.78 is 0. The van der Waals surface area contributed by atoms with E-state index < -0.39 is 0 Å². The van der Waals surface area contributed by atoms with Crippen molar-refractivity contribution in [1.82, 2.24) is 0 Å². The van der Waals surface area contributed by atoms with Crippen LogP contribution in [0.1, 0.15) is 37.1 Å². The highest BCUT2D eigenvalue weighted by Gasteiger charge is 2.06. The van der Waals surface area contributed by atoms with Gasteiger partial charge in [0.2, 0.25) is 0 Å². The summed E-state index contributed by atoms with van der Waals surface area (Å²) in [6.45, 7) is 3.85. The summed E-state index contributed by atoms with van der Waals surface area (Å²) in [5.41, 5.74) is 2.10. The Morgan fingerprint density at radius 3 is 1.38 bits per heavy atom. The SMILES string of the molecule is CC(N=NN)c1ccc(C(C)N=NN)cc1. The molecule has 0 aliphatic carbocycles. The van der Waals surface area contributed by atoms with Crippen molar-refractivity contribution in [2.45, 2.75) is 25.9 Å². The highest BCUT2D eigenvalue weighted by Crippen LogP contribution is 2.21. The molecule has 0 aliphatic rings. The fourth-order valence-corrected chi connectivity index (χ4v) is 1.39. The molecule has 0 aromatic heterocycles. The molecule has 1 aromatic carbocycles. The molecule has 0 amide bonds. The number of nitrogens with two attached hydrogens (primary N) is 2. The van der Waals surface area contributed by atoms with Crippen LogP contribution in [-0.2, 0) is 0 Å². The Hall–Kier alpha value is -1.98. The van der Waals surface area contributed by atoms with Gasteiger partial charge in [-0.15, -0.1) is 0 Å². The van der Waals surface area contributed by atoms with E-state index in [0.717, 1.165) is 11.1 Å². The normalized spacial score (nSPS) is 15.6. The molecule has 0 bridgehead atoms. The van der Waals surface area contributed by atoms with Crippen LogP contribution in [0.2, 0.25) is 0 Å². The Labute approximate surface area is 94.4 Å². The lowest BCUT2D eigenvalue weighted by atomic mass is 10.0. The first-order valence-electron chi connectivity index (χ1n) is 4.99. The zero-order valence-electron chi connectivity index (χ0n) is 9.41. The first-order valence-corrected chi connectivity index (χ1v) is 4.99. The molecule has 4 N–H and O–H groups in total. The molecule has 6 nitrogen and oxygen atoms in total. The molecule has 0 radical (unpaired) electrons. The summed E-state index contributed by atoms with van der Waals surface area (Å²) in [4.78, 5) is 0. The molecule has 2 unspecified atom stereocenters. The molecular formula is C10H16N6. The number of hydrogen-bond acceptors (Lipinski definition) is 4. The lowest BCUT2D eigenvalue weighted by molar-refractivity contribution is 0.723. The monoisotopic (exact) mass is 220 g/mol. The second-order valence-electron chi connectivity index (χ2n) is 3.48. The van der Waals surface area contributed by atoms with Crippen molar-refractivity contribution in [1.29, 1.82) is 0 Å². The molecule has 1 aromatic rings. The van der Waals surface area contributed by atoms with E-state index in [4.69, 9.17) is 11.7 Å². The van der Waals surface area contributed by atoms with E-state index in [1.807, 2.05) is 38.1 Å². The highest BCUT2D eigenvalue weighted by molar-refractivity contribution is 5.26. The van der Waals surface area contributed by atoms with Crippen molar-refractivity contribution in [3.05, 3.63) is 35.4 Å². The Kier molecular flexibility index (Phi) is 4.38. The average Bonchev–Trinajstić information content (AvgIpc) is 2.30. The maximum Gasteiger partial charge on any atom is 0.0950 e. The zero-order valence-corrected chi connectivity index (χ0v) is 9.41. The third kappa shape index (κ3) is 3.01. The molecular weight excluding hydrogens is 204 g/mol. The first kappa shape index (κ1) is 12.1. The van der Waals surface area contributed by atoms with E-state index in [2.05, 4.69) is 20.7 Å². The third-order valence-corrected chi connectivity index (χ3v) is 2.38. The minimum Gasteiger partial charge on any atom is -0.305 e. The Morgan fingerprint density at radius 2 is 1.12 bits per heavy atom. The van der Waals surface area contributed by atoms with Gasteiger partial charge in [0.25, 0.3) is 0 Å². The van der Waals surface area contributed by atoms with Crippen molar-refractivity contribution in [3.8, 4) is 0 Å². The first-order chi connectivity index (χ1) is 7.69. The van der Waals surface area contributed by atoms with Crippen LogP contribution in [0.5, 0.6) is 0 Å².